The van der Waals surface area contributed by atoms with Crippen LogP contribution in [0.2, 0.25) is 0 Å². The van der Waals surface area contributed by atoms with Crippen molar-refractivity contribution >= 4 is 27.6 Å². The van der Waals surface area contributed by atoms with Gasteiger partial charge in [-0.15, -0.1) is 0 Å². The number of hydrogen-bond donors (Lipinski definition) is 2. The topological polar surface area (TPSA) is 49.8 Å². The maximum absolute atomic E-state index is 4.22. The van der Waals surface area contributed by atoms with E-state index in [1.165, 1.54) is 0 Å². The summed E-state index contributed by atoms with van der Waals surface area (Å²) in [7, 11) is 1.84. The van der Waals surface area contributed by atoms with Crippen molar-refractivity contribution in [3.63, 3.8) is 0 Å². The highest BCUT2D eigenvalue weighted by molar-refractivity contribution is 9.10. The molecule has 1 aromatic rings. The van der Waals surface area contributed by atoms with E-state index in [1.54, 1.807) is 6.33 Å². The number of rotatable bonds is 5. The van der Waals surface area contributed by atoms with Gasteiger partial charge in [-0.25, -0.2) is 9.97 Å². The molecule has 0 fully saturated rings. The van der Waals surface area contributed by atoms with E-state index in [-0.39, 0.29) is 5.41 Å². The van der Waals surface area contributed by atoms with Crippen LogP contribution in [0.4, 0.5) is 11.6 Å². The molecule has 4 nitrogen and oxygen atoms in total. The molecule has 2 N–H and O–H groups in total. The molecule has 0 aliphatic heterocycles. The van der Waals surface area contributed by atoms with E-state index in [1.807, 2.05) is 7.05 Å². The zero-order valence-corrected chi connectivity index (χ0v) is 11.8. The van der Waals surface area contributed by atoms with Crippen LogP contribution in [0.5, 0.6) is 0 Å². The number of halogens is 1. The van der Waals surface area contributed by atoms with Crippen molar-refractivity contribution in [2.45, 2.75) is 27.2 Å². The molecule has 0 radical (unpaired) electrons. The van der Waals surface area contributed by atoms with Crippen molar-refractivity contribution in [1.29, 1.82) is 0 Å². The molecule has 0 aliphatic carbocycles. The number of nitrogens with one attached hydrogen (secondary N) is 2. The SMILES string of the molecule is CCC(C)(C)CNc1ncnc(NC)c1Br. The van der Waals surface area contributed by atoms with Gasteiger partial charge >= 0.3 is 0 Å². The number of anilines is 2. The molecule has 0 aliphatic rings. The van der Waals surface area contributed by atoms with Crippen molar-refractivity contribution in [3.8, 4) is 0 Å². The minimum absolute atomic E-state index is 0.268. The first kappa shape index (κ1) is 13.2. The first-order chi connectivity index (χ1) is 7.50. The summed E-state index contributed by atoms with van der Waals surface area (Å²) < 4.78 is 0.879. The smallest absolute Gasteiger partial charge is 0.145 e. The van der Waals surface area contributed by atoms with Gasteiger partial charge in [-0.2, -0.15) is 0 Å². The molecule has 0 aromatic carbocycles. The van der Waals surface area contributed by atoms with Gasteiger partial charge in [-0.3, -0.25) is 0 Å². The zero-order valence-electron chi connectivity index (χ0n) is 10.3. The fourth-order valence-corrected chi connectivity index (χ4v) is 1.66. The third-order valence-corrected chi connectivity index (χ3v) is 3.47. The molecule has 0 bridgehead atoms. The number of nitrogens with zero attached hydrogens (tertiary/aromatic N) is 2. The Balaban J connectivity index is 2.75. The summed E-state index contributed by atoms with van der Waals surface area (Å²) in [6.45, 7) is 7.54. The molecule has 0 atom stereocenters. The summed E-state index contributed by atoms with van der Waals surface area (Å²) in [5.74, 6) is 1.63. The zero-order chi connectivity index (χ0) is 12.2. The highest BCUT2D eigenvalue weighted by Gasteiger charge is 2.16. The Labute approximate surface area is 105 Å². The summed E-state index contributed by atoms with van der Waals surface area (Å²) in [6, 6.07) is 0. The minimum atomic E-state index is 0.268. The predicted octanol–water partition coefficient (Wildman–Crippen LogP) is 3.13. The van der Waals surface area contributed by atoms with Crippen molar-refractivity contribution < 1.29 is 0 Å². The highest BCUT2D eigenvalue weighted by atomic mass is 79.9. The Kier molecular flexibility index (Phi) is 4.53. The lowest BCUT2D eigenvalue weighted by atomic mass is 9.90. The summed E-state index contributed by atoms with van der Waals surface area (Å²) in [5.41, 5.74) is 0.268. The molecule has 0 unspecified atom stereocenters. The normalized spacial score (nSPS) is 11.3. The molecule has 0 amide bonds. The Morgan fingerprint density at radius 2 is 1.94 bits per heavy atom. The van der Waals surface area contributed by atoms with Gasteiger partial charge in [0.15, 0.2) is 0 Å². The van der Waals surface area contributed by atoms with Crippen LogP contribution in [0.3, 0.4) is 0 Å². The quantitative estimate of drug-likeness (QED) is 0.873. The Morgan fingerprint density at radius 1 is 1.31 bits per heavy atom. The van der Waals surface area contributed by atoms with E-state index in [0.717, 1.165) is 29.1 Å². The van der Waals surface area contributed by atoms with Crippen molar-refractivity contribution in [2.75, 3.05) is 24.2 Å². The first-order valence-corrected chi connectivity index (χ1v) is 6.21. The van der Waals surface area contributed by atoms with Gasteiger partial charge in [-0.05, 0) is 27.8 Å². The predicted molar refractivity (Wildman–Crippen MR) is 71.8 cm³/mol. The maximum Gasteiger partial charge on any atom is 0.145 e. The van der Waals surface area contributed by atoms with Gasteiger partial charge in [0.2, 0.25) is 0 Å². The van der Waals surface area contributed by atoms with Crippen LogP contribution >= 0.6 is 15.9 Å². The fraction of sp³-hybridized carbons (Fsp3) is 0.636. The molecule has 5 heteroatoms. The van der Waals surface area contributed by atoms with Crippen LogP contribution in [0, 0.1) is 5.41 Å². The Hall–Kier alpha value is -0.840. The molecule has 90 valence electrons. The molecular formula is C11H19BrN4. The molecule has 0 saturated carbocycles. The van der Waals surface area contributed by atoms with Crippen LogP contribution in [0.1, 0.15) is 27.2 Å². The van der Waals surface area contributed by atoms with Crippen molar-refractivity contribution in [3.05, 3.63) is 10.8 Å². The van der Waals surface area contributed by atoms with Gasteiger partial charge in [0.1, 0.15) is 22.4 Å². The van der Waals surface area contributed by atoms with E-state index < -0.39 is 0 Å². The van der Waals surface area contributed by atoms with Gasteiger partial charge in [-0.1, -0.05) is 20.8 Å². The minimum Gasteiger partial charge on any atom is -0.372 e. The van der Waals surface area contributed by atoms with Crippen LogP contribution in [0.25, 0.3) is 0 Å². The summed E-state index contributed by atoms with van der Waals surface area (Å²) >= 11 is 3.48. The van der Waals surface area contributed by atoms with Gasteiger partial charge in [0.05, 0.1) is 0 Å². The van der Waals surface area contributed by atoms with Crippen molar-refractivity contribution in [1.82, 2.24) is 9.97 Å². The average Bonchev–Trinajstić information content (AvgIpc) is 2.28. The summed E-state index contributed by atoms with van der Waals surface area (Å²) in [6.07, 6.45) is 2.68. The Morgan fingerprint density at radius 3 is 2.50 bits per heavy atom. The van der Waals surface area contributed by atoms with E-state index in [9.17, 15) is 0 Å². The summed E-state index contributed by atoms with van der Waals surface area (Å²) in [5, 5.41) is 6.35. The largest absolute Gasteiger partial charge is 0.372 e. The molecule has 1 rings (SSSR count). The number of hydrogen-bond acceptors (Lipinski definition) is 4. The fourth-order valence-electron chi connectivity index (χ4n) is 1.12. The average molecular weight is 287 g/mol. The Bertz CT molecular complexity index is 352. The molecule has 0 saturated heterocycles. The van der Waals surface area contributed by atoms with Gasteiger partial charge < -0.3 is 10.6 Å². The monoisotopic (exact) mass is 286 g/mol. The van der Waals surface area contributed by atoms with Crippen LogP contribution in [-0.4, -0.2) is 23.6 Å². The van der Waals surface area contributed by atoms with Gasteiger partial charge in [0.25, 0.3) is 0 Å². The second-order valence-corrected chi connectivity index (χ2v) is 5.30. The second kappa shape index (κ2) is 5.48. The van der Waals surface area contributed by atoms with E-state index in [2.05, 4.69) is 57.3 Å². The van der Waals surface area contributed by atoms with E-state index in [0.29, 0.717) is 0 Å². The molecule has 1 aromatic heterocycles. The standard InChI is InChI=1S/C11H19BrN4/c1-5-11(2,3)6-14-10-8(12)9(13-4)15-7-16-10/h7H,5-6H2,1-4H3,(H2,13,14,15,16). The molecule has 16 heavy (non-hydrogen) atoms. The third kappa shape index (κ3) is 3.33. The lowest BCUT2D eigenvalue weighted by Gasteiger charge is -2.23. The summed E-state index contributed by atoms with van der Waals surface area (Å²) in [4.78, 5) is 8.33. The third-order valence-electron chi connectivity index (χ3n) is 2.72. The lowest BCUT2D eigenvalue weighted by Crippen LogP contribution is -2.22. The van der Waals surface area contributed by atoms with Gasteiger partial charge in [0, 0.05) is 13.6 Å². The molecule has 1 heterocycles. The van der Waals surface area contributed by atoms with Crippen LogP contribution < -0.4 is 10.6 Å². The molecule has 0 spiro atoms. The lowest BCUT2D eigenvalue weighted by molar-refractivity contribution is 0.376. The van der Waals surface area contributed by atoms with E-state index >= 15 is 0 Å². The second-order valence-electron chi connectivity index (χ2n) is 4.51. The maximum atomic E-state index is 4.22. The van der Waals surface area contributed by atoms with Crippen LogP contribution in [0.15, 0.2) is 10.8 Å². The van der Waals surface area contributed by atoms with Crippen LogP contribution in [-0.2, 0) is 0 Å². The number of aromatic nitrogens is 2. The molecular weight excluding hydrogens is 268 g/mol. The first-order valence-electron chi connectivity index (χ1n) is 5.42. The van der Waals surface area contributed by atoms with Crippen molar-refractivity contribution in [2.24, 2.45) is 5.41 Å². The van der Waals surface area contributed by atoms with E-state index in [4.69, 9.17) is 0 Å². The highest BCUT2D eigenvalue weighted by Crippen LogP contribution is 2.27.